The molecule has 7 heteroatoms. The summed E-state index contributed by atoms with van der Waals surface area (Å²) < 4.78 is 16.7. The SMILES string of the molecule is CCOc1cc(C2C(C(=O)OCCc3ccccc3)=C(C)NC3=CC(c4ccc(OC)cc4)CC(=O)C32)ccc1O. The monoisotopic (exact) mass is 553 g/mol. The number of phenols is 1. The fourth-order valence-electron chi connectivity index (χ4n) is 5.75. The molecule has 5 rings (SSSR count). The lowest BCUT2D eigenvalue weighted by Gasteiger charge is -2.39. The summed E-state index contributed by atoms with van der Waals surface area (Å²) in [6.07, 6.45) is 2.97. The summed E-state index contributed by atoms with van der Waals surface area (Å²) in [6.45, 7) is 4.25. The van der Waals surface area contributed by atoms with E-state index in [0.717, 1.165) is 22.6 Å². The van der Waals surface area contributed by atoms with Crippen LogP contribution in [-0.2, 0) is 20.7 Å². The second-order valence-corrected chi connectivity index (χ2v) is 10.3. The number of phenolic OH excluding ortho intramolecular Hbond substituents is 1. The molecule has 0 aromatic heterocycles. The first-order chi connectivity index (χ1) is 19.9. The third-order valence-corrected chi connectivity index (χ3v) is 7.74. The Bertz CT molecular complexity index is 1470. The van der Waals surface area contributed by atoms with E-state index in [9.17, 15) is 14.7 Å². The Balaban J connectivity index is 1.51. The summed E-state index contributed by atoms with van der Waals surface area (Å²) in [4.78, 5) is 27.6. The molecule has 0 saturated heterocycles. The van der Waals surface area contributed by atoms with Crippen molar-refractivity contribution >= 4 is 11.8 Å². The minimum Gasteiger partial charge on any atom is -0.504 e. The lowest BCUT2D eigenvalue weighted by atomic mass is 9.68. The summed E-state index contributed by atoms with van der Waals surface area (Å²) in [5.74, 6) is -0.701. The molecule has 0 amide bonds. The predicted molar refractivity (Wildman–Crippen MR) is 156 cm³/mol. The van der Waals surface area contributed by atoms with Gasteiger partial charge in [-0.1, -0.05) is 54.6 Å². The Morgan fingerprint density at radius 2 is 1.73 bits per heavy atom. The number of aromatic hydroxyl groups is 1. The lowest BCUT2D eigenvalue weighted by molar-refractivity contribution is -0.139. The maximum atomic E-state index is 13.9. The van der Waals surface area contributed by atoms with Gasteiger partial charge in [0, 0.05) is 36.1 Å². The van der Waals surface area contributed by atoms with E-state index in [2.05, 4.69) is 11.4 Å². The Morgan fingerprint density at radius 1 is 1.00 bits per heavy atom. The van der Waals surface area contributed by atoms with Gasteiger partial charge in [-0.05, 0) is 54.8 Å². The van der Waals surface area contributed by atoms with E-state index in [1.54, 1.807) is 25.3 Å². The van der Waals surface area contributed by atoms with Gasteiger partial charge in [0.2, 0.25) is 0 Å². The van der Waals surface area contributed by atoms with Crippen LogP contribution in [0.3, 0.4) is 0 Å². The van der Waals surface area contributed by atoms with E-state index in [0.29, 0.717) is 42.0 Å². The first-order valence-corrected chi connectivity index (χ1v) is 13.9. The summed E-state index contributed by atoms with van der Waals surface area (Å²) in [7, 11) is 1.62. The fourth-order valence-corrected chi connectivity index (χ4v) is 5.75. The largest absolute Gasteiger partial charge is 0.504 e. The molecule has 3 atom stereocenters. The van der Waals surface area contributed by atoms with E-state index < -0.39 is 17.8 Å². The number of ketones is 1. The van der Waals surface area contributed by atoms with Gasteiger partial charge in [0.15, 0.2) is 11.5 Å². The zero-order valence-corrected chi connectivity index (χ0v) is 23.6. The van der Waals surface area contributed by atoms with Crippen molar-refractivity contribution in [1.29, 1.82) is 0 Å². The number of Topliss-reactive ketones (excluding diaryl/α,β-unsaturated/α-hetero) is 1. The average molecular weight is 554 g/mol. The minimum atomic E-state index is -0.608. The molecule has 0 radical (unpaired) electrons. The van der Waals surface area contributed by atoms with Crippen molar-refractivity contribution in [2.75, 3.05) is 20.3 Å². The molecule has 0 fully saturated rings. The molecular weight excluding hydrogens is 518 g/mol. The highest BCUT2D eigenvalue weighted by Gasteiger charge is 2.45. The fraction of sp³-hybridized carbons (Fsp3) is 0.294. The molecule has 2 aliphatic rings. The number of carbonyl (C=O) groups excluding carboxylic acids is 2. The molecule has 7 nitrogen and oxygen atoms in total. The number of nitrogens with one attached hydrogen (secondary N) is 1. The van der Waals surface area contributed by atoms with Crippen LogP contribution in [-0.4, -0.2) is 37.2 Å². The van der Waals surface area contributed by atoms with Crippen LogP contribution in [0.15, 0.2) is 95.8 Å². The van der Waals surface area contributed by atoms with Crippen molar-refractivity contribution in [3.63, 3.8) is 0 Å². The van der Waals surface area contributed by atoms with Crippen molar-refractivity contribution in [2.24, 2.45) is 5.92 Å². The van der Waals surface area contributed by atoms with Gasteiger partial charge >= 0.3 is 5.97 Å². The summed E-state index contributed by atoms with van der Waals surface area (Å²) in [5.41, 5.74) is 4.59. The number of fused-ring (bicyclic) bond motifs is 1. The van der Waals surface area contributed by atoms with Crippen molar-refractivity contribution < 1.29 is 28.9 Å². The number of rotatable bonds is 9. The van der Waals surface area contributed by atoms with Gasteiger partial charge in [0.05, 0.1) is 31.8 Å². The number of benzene rings is 3. The molecule has 41 heavy (non-hydrogen) atoms. The maximum absolute atomic E-state index is 13.9. The first kappa shape index (κ1) is 28.0. The van der Waals surface area contributed by atoms with E-state index in [1.165, 1.54) is 0 Å². The van der Waals surface area contributed by atoms with Gasteiger partial charge in [-0.2, -0.15) is 0 Å². The average Bonchev–Trinajstić information content (AvgIpc) is 2.98. The lowest BCUT2D eigenvalue weighted by Crippen LogP contribution is -2.42. The van der Waals surface area contributed by atoms with Gasteiger partial charge in [-0.25, -0.2) is 4.79 Å². The molecule has 2 N–H and O–H groups in total. The Labute approximate surface area is 240 Å². The number of esters is 1. The van der Waals surface area contributed by atoms with Crippen LogP contribution in [0.4, 0.5) is 0 Å². The van der Waals surface area contributed by atoms with Crippen molar-refractivity contribution in [3.8, 4) is 17.2 Å². The second kappa shape index (κ2) is 12.3. The van der Waals surface area contributed by atoms with Crippen LogP contribution in [0.25, 0.3) is 0 Å². The van der Waals surface area contributed by atoms with Gasteiger partial charge in [-0.3, -0.25) is 4.79 Å². The van der Waals surface area contributed by atoms with Crippen LogP contribution in [0, 0.1) is 5.92 Å². The number of ether oxygens (including phenoxy) is 3. The molecule has 1 heterocycles. The summed E-state index contributed by atoms with van der Waals surface area (Å²) in [5, 5.41) is 13.7. The van der Waals surface area contributed by atoms with E-state index in [-0.39, 0.29) is 24.1 Å². The van der Waals surface area contributed by atoms with Crippen LogP contribution in [0.1, 0.15) is 48.8 Å². The van der Waals surface area contributed by atoms with Gasteiger partial charge in [0.25, 0.3) is 0 Å². The first-order valence-electron chi connectivity index (χ1n) is 13.9. The van der Waals surface area contributed by atoms with E-state index in [4.69, 9.17) is 14.2 Å². The van der Waals surface area contributed by atoms with Crippen LogP contribution < -0.4 is 14.8 Å². The third-order valence-electron chi connectivity index (χ3n) is 7.74. The summed E-state index contributed by atoms with van der Waals surface area (Å²) >= 11 is 0. The topological polar surface area (TPSA) is 94.1 Å². The predicted octanol–water partition coefficient (Wildman–Crippen LogP) is 5.80. The molecule has 3 unspecified atom stereocenters. The van der Waals surface area contributed by atoms with Gasteiger partial charge in [0.1, 0.15) is 11.5 Å². The number of carbonyl (C=O) groups is 2. The molecule has 1 aliphatic carbocycles. The highest BCUT2D eigenvalue weighted by Crippen LogP contribution is 2.47. The Hall–Kier alpha value is -4.52. The van der Waals surface area contributed by atoms with Crippen molar-refractivity contribution in [1.82, 2.24) is 5.32 Å². The third kappa shape index (κ3) is 5.99. The molecule has 3 aromatic carbocycles. The van der Waals surface area contributed by atoms with Crippen LogP contribution in [0.5, 0.6) is 17.2 Å². The number of allylic oxidation sites excluding steroid dienone is 3. The number of hydrogen-bond donors (Lipinski definition) is 2. The Kier molecular flexibility index (Phi) is 8.43. The maximum Gasteiger partial charge on any atom is 0.336 e. The molecular formula is C34H35NO6. The van der Waals surface area contributed by atoms with Crippen molar-refractivity contribution in [3.05, 3.63) is 113 Å². The van der Waals surface area contributed by atoms with E-state index in [1.807, 2.05) is 68.4 Å². The summed E-state index contributed by atoms with van der Waals surface area (Å²) in [6, 6.07) is 22.6. The quantitative estimate of drug-likeness (QED) is 0.323. The molecule has 212 valence electrons. The van der Waals surface area contributed by atoms with Crippen LogP contribution in [0.2, 0.25) is 0 Å². The number of methoxy groups -OCH3 is 1. The molecule has 0 bridgehead atoms. The van der Waals surface area contributed by atoms with Gasteiger partial charge in [-0.15, -0.1) is 0 Å². The van der Waals surface area contributed by atoms with Crippen molar-refractivity contribution in [2.45, 2.75) is 38.5 Å². The molecule has 0 spiro atoms. The van der Waals surface area contributed by atoms with Crippen LogP contribution >= 0.6 is 0 Å². The molecule has 1 aliphatic heterocycles. The zero-order valence-electron chi connectivity index (χ0n) is 23.6. The smallest absolute Gasteiger partial charge is 0.336 e. The highest BCUT2D eigenvalue weighted by molar-refractivity contribution is 5.96. The highest BCUT2D eigenvalue weighted by atomic mass is 16.5. The number of hydrogen-bond acceptors (Lipinski definition) is 7. The van der Waals surface area contributed by atoms with E-state index >= 15 is 0 Å². The van der Waals surface area contributed by atoms with Gasteiger partial charge < -0.3 is 24.6 Å². The molecule has 3 aromatic rings. The standard InChI is InChI=1S/C34H35NO6/c1-4-40-30-20-24(12-15-28(30)36)32-31(34(38)41-17-16-22-8-6-5-7-9-22)21(2)35-27-18-25(19-29(37)33(27)32)23-10-13-26(39-3)14-11-23/h5-15,18,20,25,32-33,35-36H,4,16-17,19H2,1-3H3. The minimum absolute atomic E-state index is 0.00234. The normalized spacial score (nSPS) is 20.0. The molecule has 0 saturated carbocycles. The Morgan fingerprint density at radius 3 is 2.44 bits per heavy atom. The zero-order chi connectivity index (χ0) is 28.9. The second-order valence-electron chi connectivity index (χ2n) is 10.3.